The molecule has 0 saturated heterocycles. The highest BCUT2D eigenvalue weighted by molar-refractivity contribution is 5.30. The third-order valence-corrected chi connectivity index (χ3v) is 2.09. The van der Waals surface area contributed by atoms with Gasteiger partial charge in [-0.15, -0.1) is 0 Å². The van der Waals surface area contributed by atoms with Crippen LogP contribution in [0.5, 0.6) is 0 Å². The van der Waals surface area contributed by atoms with E-state index >= 15 is 0 Å². The van der Waals surface area contributed by atoms with E-state index in [2.05, 4.69) is 15.6 Å². The van der Waals surface area contributed by atoms with Crippen molar-refractivity contribution in [3.63, 3.8) is 0 Å². The van der Waals surface area contributed by atoms with Gasteiger partial charge in [0.15, 0.2) is 5.82 Å². The summed E-state index contributed by atoms with van der Waals surface area (Å²) in [6.07, 6.45) is 3.24. The molecule has 1 atom stereocenters. The third kappa shape index (κ3) is 2.56. The van der Waals surface area contributed by atoms with Gasteiger partial charge in [0, 0.05) is 32.0 Å². The van der Waals surface area contributed by atoms with Crippen LogP contribution in [0.4, 0.5) is 5.82 Å². The quantitative estimate of drug-likeness (QED) is 0.700. The molecule has 2 N–H and O–H groups in total. The van der Waals surface area contributed by atoms with Crippen molar-refractivity contribution in [3.8, 4) is 0 Å². The molecule has 1 aromatic rings. The van der Waals surface area contributed by atoms with Gasteiger partial charge in [-0.25, -0.2) is 4.98 Å². The van der Waals surface area contributed by atoms with Crippen molar-refractivity contribution in [3.05, 3.63) is 22.7 Å². The Labute approximate surface area is 83.2 Å². The number of nitrogens with one attached hydrogen (secondary N) is 2. The Hall–Kier alpha value is -1.36. The van der Waals surface area contributed by atoms with Crippen LogP contribution in [0.1, 0.15) is 6.92 Å². The van der Waals surface area contributed by atoms with Crippen molar-refractivity contribution in [2.75, 3.05) is 18.9 Å². The van der Waals surface area contributed by atoms with Crippen LogP contribution in [-0.2, 0) is 7.05 Å². The van der Waals surface area contributed by atoms with E-state index in [1.54, 1.807) is 19.4 Å². The Balaban J connectivity index is 2.68. The molecule has 0 fully saturated rings. The molecule has 0 spiro atoms. The summed E-state index contributed by atoms with van der Waals surface area (Å²) in [4.78, 5) is 15.5. The molecule has 5 heteroatoms. The van der Waals surface area contributed by atoms with Crippen molar-refractivity contribution < 1.29 is 0 Å². The van der Waals surface area contributed by atoms with E-state index in [0.29, 0.717) is 18.4 Å². The fraction of sp³-hybridized carbons (Fsp3) is 0.556. The summed E-state index contributed by atoms with van der Waals surface area (Å²) in [5.41, 5.74) is -0.101. The lowest BCUT2D eigenvalue weighted by molar-refractivity contribution is 0.636. The highest BCUT2D eigenvalue weighted by atomic mass is 16.1. The number of aryl methyl sites for hydroxylation is 1. The minimum Gasteiger partial charge on any atom is -0.364 e. The zero-order valence-corrected chi connectivity index (χ0v) is 8.74. The molecular weight excluding hydrogens is 180 g/mol. The van der Waals surface area contributed by atoms with Crippen molar-refractivity contribution >= 4 is 5.82 Å². The monoisotopic (exact) mass is 196 g/mol. The highest BCUT2D eigenvalue weighted by Gasteiger charge is 2.03. The average molecular weight is 196 g/mol. The fourth-order valence-corrected chi connectivity index (χ4v) is 0.971. The topological polar surface area (TPSA) is 59.0 Å². The standard InChI is InChI=1S/C9H16N4O/c1-7(10-2)6-12-8-9(14)13(3)5-4-11-8/h4-5,7,10H,6H2,1-3H3,(H,11,12). The molecule has 5 nitrogen and oxygen atoms in total. The van der Waals surface area contributed by atoms with Crippen LogP contribution in [0.2, 0.25) is 0 Å². The van der Waals surface area contributed by atoms with Crippen molar-refractivity contribution in [1.29, 1.82) is 0 Å². The minimum atomic E-state index is -0.101. The van der Waals surface area contributed by atoms with E-state index in [1.165, 1.54) is 4.57 Å². The largest absolute Gasteiger partial charge is 0.364 e. The van der Waals surface area contributed by atoms with Crippen LogP contribution >= 0.6 is 0 Å². The second-order valence-electron chi connectivity index (χ2n) is 3.26. The zero-order valence-electron chi connectivity index (χ0n) is 8.74. The first kappa shape index (κ1) is 10.7. The van der Waals surface area contributed by atoms with Crippen molar-refractivity contribution in [2.24, 2.45) is 7.05 Å². The van der Waals surface area contributed by atoms with E-state index < -0.39 is 0 Å². The van der Waals surface area contributed by atoms with E-state index in [1.807, 2.05) is 14.0 Å². The second kappa shape index (κ2) is 4.76. The number of anilines is 1. The predicted octanol–water partition coefficient (Wildman–Crippen LogP) is -0.200. The molecule has 1 aromatic heterocycles. The number of likely N-dealkylation sites (N-methyl/N-ethyl adjacent to an activating group) is 1. The first-order chi connectivity index (χ1) is 6.65. The van der Waals surface area contributed by atoms with Gasteiger partial charge in [0.2, 0.25) is 0 Å². The lowest BCUT2D eigenvalue weighted by atomic mass is 10.3. The van der Waals surface area contributed by atoms with Crippen LogP contribution in [0.25, 0.3) is 0 Å². The fourth-order valence-electron chi connectivity index (χ4n) is 0.971. The molecule has 0 saturated carbocycles. The lowest BCUT2D eigenvalue weighted by Crippen LogP contribution is -2.32. The van der Waals surface area contributed by atoms with Crippen LogP contribution in [0.3, 0.4) is 0 Å². The Bertz CT molecular complexity index is 347. The molecule has 0 aliphatic rings. The molecule has 1 heterocycles. The normalized spacial score (nSPS) is 12.5. The highest BCUT2D eigenvalue weighted by Crippen LogP contribution is 1.91. The first-order valence-corrected chi connectivity index (χ1v) is 4.58. The van der Waals surface area contributed by atoms with Crippen LogP contribution in [0.15, 0.2) is 17.2 Å². The molecule has 0 bridgehead atoms. The summed E-state index contributed by atoms with van der Waals surface area (Å²) in [6.45, 7) is 2.71. The third-order valence-electron chi connectivity index (χ3n) is 2.09. The molecule has 78 valence electrons. The molecule has 0 aliphatic heterocycles. The number of hydrogen-bond donors (Lipinski definition) is 2. The Morgan fingerprint density at radius 2 is 2.36 bits per heavy atom. The summed E-state index contributed by atoms with van der Waals surface area (Å²) in [7, 11) is 3.58. The van der Waals surface area contributed by atoms with Gasteiger partial charge in [-0.3, -0.25) is 4.79 Å². The molecule has 1 unspecified atom stereocenters. The maximum absolute atomic E-state index is 11.5. The van der Waals surface area contributed by atoms with Gasteiger partial charge in [-0.1, -0.05) is 0 Å². The van der Waals surface area contributed by atoms with Crippen molar-refractivity contribution in [2.45, 2.75) is 13.0 Å². The van der Waals surface area contributed by atoms with Crippen LogP contribution < -0.4 is 16.2 Å². The molecule has 0 aromatic carbocycles. The van der Waals surface area contributed by atoms with Gasteiger partial charge >= 0.3 is 0 Å². The SMILES string of the molecule is CNC(C)CNc1nccn(C)c1=O. The van der Waals surface area contributed by atoms with E-state index in [9.17, 15) is 4.79 Å². The summed E-state index contributed by atoms with van der Waals surface area (Å²) < 4.78 is 1.50. The molecule has 0 amide bonds. The average Bonchev–Trinajstić information content (AvgIpc) is 2.20. The van der Waals surface area contributed by atoms with Crippen molar-refractivity contribution in [1.82, 2.24) is 14.9 Å². The molecule has 14 heavy (non-hydrogen) atoms. The predicted molar refractivity (Wildman–Crippen MR) is 56.5 cm³/mol. The number of nitrogens with zero attached hydrogens (tertiary/aromatic N) is 2. The Morgan fingerprint density at radius 3 is 3.00 bits per heavy atom. The minimum absolute atomic E-state index is 0.101. The number of hydrogen-bond acceptors (Lipinski definition) is 4. The van der Waals surface area contributed by atoms with Gasteiger partial charge in [0.25, 0.3) is 5.56 Å². The number of aromatic nitrogens is 2. The summed E-state index contributed by atoms with van der Waals surface area (Å²) in [5, 5.41) is 6.07. The van der Waals surface area contributed by atoms with Gasteiger partial charge in [-0.2, -0.15) is 0 Å². The number of rotatable bonds is 4. The Kier molecular flexibility index (Phi) is 3.64. The lowest BCUT2D eigenvalue weighted by Gasteiger charge is -2.11. The summed E-state index contributed by atoms with van der Waals surface area (Å²) in [5.74, 6) is 0.400. The smallest absolute Gasteiger partial charge is 0.293 e. The molecule has 0 radical (unpaired) electrons. The summed E-state index contributed by atoms with van der Waals surface area (Å²) >= 11 is 0. The van der Waals surface area contributed by atoms with Crippen LogP contribution in [0, 0.1) is 0 Å². The van der Waals surface area contributed by atoms with Gasteiger partial charge in [0.1, 0.15) is 0 Å². The summed E-state index contributed by atoms with van der Waals surface area (Å²) in [6, 6.07) is 0.307. The maximum Gasteiger partial charge on any atom is 0.293 e. The first-order valence-electron chi connectivity index (χ1n) is 4.58. The maximum atomic E-state index is 11.5. The molecule has 0 aliphatic carbocycles. The van der Waals surface area contributed by atoms with Gasteiger partial charge < -0.3 is 15.2 Å². The Morgan fingerprint density at radius 1 is 1.64 bits per heavy atom. The van der Waals surface area contributed by atoms with E-state index in [4.69, 9.17) is 0 Å². The second-order valence-corrected chi connectivity index (χ2v) is 3.26. The van der Waals surface area contributed by atoms with Gasteiger partial charge in [0.05, 0.1) is 0 Å². The molecular formula is C9H16N4O. The van der Waals surface area contributed by atoms with Crippen LogP contribution in [-0.4, -0.2) is 29.2 Å². The van der Waals surface area contributed by atoms with E-state index in [0.717, 1.165) is 0 Å². The molecule has 1 rings (SSSR count). The van der Waals surface area contributed by atoms with E-state index in [-0.39, 0.29) is 5.56 Å². The van der Waals surface area contributed by atoms with Gasteiger partial charge in [-0.05, 0) is 14.0 Å². The zero-order chi connectivity index (χ0) is 10.6.